The summed E-state index contributed by atoms with van der Waals surface area (Å²) in [6.45, 7) is 1.79. The molecular formula is C12H17ClN4O2. The summed E-state index contributed by atoms with van der Waals surface area (Å²) in [7, 11) is 0. The van der Waals surface area contributed by atoms with Gasteiger partial charge in [0.25, 0.3) is 11.8 Å². The molecule has 0 radical (unpaired) electrons. The summed E-state index contributed by atoms with van der Waals surface area (Å²) in [5.41, 5.74) is 5.67. The predicted molar refractivity (Wildman–Crippen MR) is 73.4 cm³/mol. The lowest BCUT2D eigenvalue weighted by atomic mass is 10.1. The molecule has 2 amide bonds. The molecule has 1 atom stereocenters. The van der Waals surface area contributed by atoms with Gasteiger partial charge >= 0.3 is 0 Å². The topological polar surface area (TPSA) is 97.1 Å². The summed E-state index contributed by atoms with van der Waals surface area (Å²) >= 11 is 0. The number of pyridine rings is 1. The van der Waals surface area contributed by atoms with Gasteiger partial charge in [-0.15, -0.1) is 12.4 Å². The molecular weight excluding hydrogens is 268 g/mol. The maximum atomic E-state index is 11.9. The van der Waals surface area contributed by atoms with Crippen molar-refractivity contribution < 1.29 is 9.59 Å². The van der Waals surface area contributed by atoms with Crippen LogP contribution in [0.25, 0.3) is 0 Å². The fraction of sp³-hybridized carbons (Fsp3) is 0.417. The Bertz CT molecular complexity index is 444. The maximum absolute atomic E-state index is 11.9. The van der Waals surface area contributed by atoms with E-state index >= 15 is 0 Å². The van der Waals surface area contributed by atoms with Crippen LogP contribution >= 0.6 is 12.4 Å². The normalized spacial score (nSPS) is 18.2. The Kier molecular flexibility index (Phi) is 5.72. The first-order valence-corrected chi connectivity index (χ1v) is 5.94. The third kappa shape index (κ3) is 4.18. The second-order valence-corrected chi connectivity index (χ2v) is 4.31. The number of hydrogen-bond acceptors (Lipinski definition) is 4. The van der Waals surface area contributed by atoms with Crippen LogP contribution in [0, 0.1) is 0 Å². The number of piperidine rings is 1. The molecule has 0 aliphatic carbocycles. The standard InChI is InChI=1S/C12H16N4O2.ClH/c13-11(17)10-4-3-8(6-15-10)12(18)16-9-2-1-5-14-7-9;/h3-4,6,9,14H,1-2,5,7H2,(H2,13,17)(H,16,18);1H/t9-;/m0./s1. The molecule has 0 aromatic carbocycles. The highest BCUT2D eigenvalue weighted by molar-refractivity contribution is 5.95. The molecule has 0 bridgehead atoms. The minimum absolute atomic E-state index is 0. The van der Waals surface area contributed by atoms with E-state index in [2.05, 4.69) is 15.6 Å². The molecule has 1 saturated heterocycles. The molecule has 1 aromatic heterocycles. The van der Waals surface area contributed by atoms with E-state index in [1.165, 1.54) is 12.3 Å². The highest BCUT2D eigenvalue weighted by atomic mass is 35.5. The zero-order valence-corrected chi connectivity index (χ0v) is 11.2. The lowest BCUT2D eigenvalue weighted by molar-refractivity contribution is 0.0927. The zero-order valence-electron chi connectivity index (χ0n) is 10.4. The van der Waals surface area contributed by atoms with E-state index in [1.54, 1.807) is 6.07 Å². The van der Waals surface area contributed by atoms with Crippen LogP contribution in [0.4, 0.5) is 0 Å². The Morgan fingerprint density at radius 2 is 2.21 bits per heavy atom. The predicted octanol–water partition coefficient (Wildman–Crippen LogP) is 0.0841. The molecule has 6 nitrogen and oxygen atoms in total. The minimum Gasteiger partial charge on any atom is -0.364 e. The van der Waals surface area contributed by atoms with Crippen molar-refractivity contribution in [1.82, 2.24) is 15.6 Å². The Morgan fingerprint density at radius 1 is 1.42 bits per heavy atom. The summed E-state index contributed by atoms with van der Waals surface area (Å²) in [4.78, 5) is 26.6. The number of nitrogens with one attached hydrogen (secondary N) is 2. The van der Waals surface area contributed by atoms with E-state index in [0.717, 1.165) is 25.9 Å². The molecule has 1 aliphatic rings. The summed E-state index contributed by atoms with van der Waals surface area (Å²) in [6.07, 6.45) is 3.40. The summed E-state index contributed by atoms with van der Waals surface area (Å²) in [6, 6.07) is 3.16. The van der Waals surface area contributed by atoms with Crippen molar-refractivity contribution in [2.24, 2.45) is 5.73 Å². The molecule has 7 heteroatoms. The second kappa shape index (κ2) is 7.06. The van der Waals surface area contributed by atoms with Gasteiger partial charge in [-0.05, 0) is 31.5 Å². The first-order valence-electron chi connectivity index (χ1n) is 5.94. The molecule has 4 N–H and O–H groups in total. The van der Waals surface area contributed by atoms with Gasteiger partial charge in [-0.2, -0.15) is 0 Å². The second-order valence-electron chi connectivity index (χ2n) is 4.31. The number of rotatable bonds is 3. The van der Waals surface area contributed by atoms with Crippen LogP contribution in [0.15, 0.2) is 18.3 Å². The first-order chi connectivity index (χ1) is 8.66. The van der Waals surface area contributed by atoms with Gasteiger partial charge in [-0.25, -0.2) is 0 Å². The Labute approximate surface area is 117 Å². The number of amides is 2. The number of primary amides is 1. The highest BCUT2D eigenvalue weighted by Gasteiger charge is 2.16. The summed E-state index contributed by atoms with van der Waals surface area (Å²) in [5, 5.41) is 6.15. The van der Waals surface area contributed by atoms with Crippen LogP contribution in [-0.4, -0.2) is 35.9 Å². The number of nitrogens with two attached hydrogens (primary N) is 1. The average molecular weight is 285 g/mol. The maximum Gasteiger partial charge on any atom is 0.267 e. The number of hydrogen-bond donors (Lipinski definition) is 3. The summed E-state index contributed by atoms with van der Waals surface area (Å²) < 4.78 is 0. The van der Waals surface area contributed by atoms with E-state index in [-0.39, 0.29) is 30.0 Å². The molecule has 2 heterocycles. The molecule has 0 unspecified atom stereocenters. The number of nitrogens with zero attached hydrogens (tertiary/aromatic N) is 1. The molecule has 104 valence electrons. The monoisotopic (exact) mass is 284 g/mol. The molecule has 1 aromatic rings. The SMILES string of the molecule is Cl.NC(=O)c1ccc(C(=O)N[C@H]2CCCNC2)cn1. The van der Waals surface area contributed by atoms with E-state index in [4.69, 9.17) is 5.73 Å². The van der Waals surface area contributed by atoms with E-state index in [0.29, 0.717) is 5.56 Å². The fourth-order valence-corrected chi connectivity index (χ4v) is 1.92. The van der Waals surface area contributed by atoms with Crippen molar-refractivity contribution in [2.75, 3.05) is 13.1 Å². The molecule has 2 rings (SSSR count). The average Bonchev–Trinajstić information content (AvgIpc) is 2.40. The van der Waals surface area contributed by atoms with Gasteiger partial charge in [-0.1, -0.05) is 0 Å². The molecule has 0 saturated carbocycles. The molecule has 1 fully saturated rings. The highest BCUT2D eigenvalue weighted by Crippen LogP contribution is 2.04. The van der Waals surface area contributed by atoms with Crippen molar-refractivity contribution in [1.29, 1.82) is 0 Å². The number of halogens is 1. The quantitative estimate of drug-likeness (QED) is 0.732. The van der Waals surface area contributed by atoms with Crippen molar-refractivity contribution >= 4 is 24.2 Å². The van der Waals surface area contributed by atoms with Gasteiger partial charge in [0.1, 0.15) is 5.69 Å². The smallest absolute Gasteiger partial charge is 0.267 e. The van der Waals surface area contributed by atoms with Crippen molar-refractivity contribution in [3.05, 3.63) is 29.6 Å². The van der Waals surface area contributed by atoms with Gasteiger partial charge in [-0.3, -0.25) is 14.6 Å². The van der Waals surface area contributed by atoms with Gasteiger partial charge in [0, 0.05) is 18.8 Å². The first kappa shape index (κ1) is 15.4. The Morgan fingerprint density at radius 3 is 2.74 bits per heavy atom. The van der Waals surface area contributed by atoms with Crippen LogP contribution < -0.4 is 16.4 Å². The van der Waals surface area contributed by atoms with E-state index in [1.807, 2.05) is 0 Å². The van der Waals surface area contributed by atoms with E-state index in [9.17, 15) is 9.59 Å². The number of aromatic nitrogens is 1. The Balaban J connectivity index is 0.00000180. The zero-order chi connectivity index (χ0) is 13.0. The Hall–Kier alpha value is -1.66. The van der Waals surface area contributed by atoms with Crippen LogP contribution in [0.5, 0.6) is 0 Å². The van der Waals surface area contributed by atoms with Crippen LogP contribution in [0.3, 0.4) is 0 Å². The minimum atomic E-state index is -0.599. The number of carbonyl (C=O) groups excluding carboxylic acids is 2. The third-order valence-corrected chi connectivity index (χ3v) is 2.91. The van der Waals surface area contributed by atoms with Crippen molar-refractivity contribution in [3.63, 3.8) is 0 Å². The lowest BCUT2D eigenvalue weighted by Gasteiger charge is -2.23. The van der Waals surface area contributed by atoms with Gasteiger partial charge in [0.2, 0.25) is 0 Å². The van der Waals surface area contributed by atoms with E-state index < -0.39 is 5.91 Å². The lowest BCUT2D eigenvalue weighted by Crippen LogP contribution is -2.45. The van der Waals surface area contributed by atoms with Crippen LogP contribution in [0.1, 0.15) is 33.7 Å². The van der Waals surface area contributed by atoms with Gasteiger partial charge in [0.15, 0.2) is 0 Å². The van der Waals surface area contributed by atoms with Crippen molar-refractivity contribution in [2.45, 2.75) is 18.9 Å². The molecule has 0 spiro atoms. The van der Waals surface area contributed by atoms with Gasteiger partial charge in [0.05, 0.1) is 5.56 Å². The van der Waals surface area contributed by atoms with Crippen LogP contribution in [0.2, 0.25) is 0 Å². The molecule has 19 heavy (non-hydrogen) atoms. The summed E-state index contributed by atoms with van der Waals surface area (Å²) in [5.74, 6) is -0.773. The fourth-order valence-electron chi connectivity index (χ4n) is 1.92. The number of carbonyl (C=O) groups is 2. The van der Waals surface area contributed by atoms with Crippen molar-refractivity contribution in [3.8, 4) is 0 Å². The molecule has 1 aliphatic heterocycles. The van der Waals surface area contributed by atoms with Gasteiger partial charge < -0.3 is 16.4 Å². The largest absolute Gasteiger partial charge is 0.364 e. The third-order valence-electron chi connectivity index (χ3n) is 2.91. The van der Waals surface area contributed by atoms with Crippen LogP contribution in [-0.2, 0) is 0 Å².